The molecule has 0 aromatic carbocycles. The minimum Gasteiger partial charge on any atom is -0.394 e. The molecule has 0 saturated carbocycles. The first-order valence-corrected chi connectivity index (χ1v) is 41.1. The molecule has 57 nitrogen and oxygen atoms in total. The van der Waals surface area contributed by atoms with Crippen LogP contribution in [-0.4, -0.2) is 541 Å². The van der Waals surface area contributed by atoms with E-state index in [4.69, 9.17) is 90.0 Å². The van der Waals surface area contributed by atoms with E-state index in [1.807, 2.05) is 0 Å². The average molecular weight is 1890 g/mol. The summed E-state index contributed by atoms with van der Waals surface area (Å²) in [6, 6.07) is -11.2. The summed E-state index contributed by atoms with van der Waals surface area (Å²) in [5.74, 6) is -5.53. The molecule has 0 spiro atoms. The molecule has 10 heterocycles. The monoisotopic (exact) mass is 1880 g/mol. The van der Waals surface area contributed by atoms with Gasteiger partial charge in [0.1, 0.15) is 244 Å². The van der Waals surface area contributed by atoms with Crippen molar-refractivity contribution >= 4 is 35.4 Å². The van der Waals surface area contributed by atoms with E-state index >= 15 is 0 Å². The van der Waals surface area contributed by atoms with E-state index in [1.165, 1.54) is 0 Å². The molecule has 0 bridgehead atoms. The number of carbonyl (C=O) groups excluding carboxylic acids is 6. The Morgan fingerprint density at radius 3 is 0.899 bits per heavy atom. The van der Waals surface area contributed by atoms with Crippen molar-refractivity contribution in [1.82, 2.24) is 31.9 Å². The molecule has 6 amide bonds. The van der Waals surface area contributed by atoms with E-state index < -0.39 is 408 Å². The average Bonchev–Trinajstić information content (AvgIpc) is 0.757. The van der Waals surface area contributed by atoms with Crippen LogP contribution in [-0.2, 0) is 119 Å². The molecule has 744 valence electrons. The maximum absolute atomic E-state index is 13.2. The molecule has 10 aliphatic rings. The van der Waals surface area contributed by atoms with Gasteiger partial charge in [-0.2, -0.15) is 0 Å². The molecular weight excluding hydrogens is 1760 g/mol. The van der Waals surface area contributed by atoms with Gasteiger partial charge in [-0.1, -0.05) is 0 Å². The summed E-state index contributed by atoms with van der Waals surface area (Å²) in [4.78, 5) is 76.9. The molecule has 57 heteroatoms. The predicted molar refractivity (Wildman–Crippen MR) is 399 cm³/mol. The summed E-state index contributed by atoms with van der Waals surface area (Å²) >= 11 is 0. The summed E-state index contributed by atoms with van der Waals surface area (Å²) in [5, 5.41) is 308. The molecule has 0 aromatic heterocycles. The summed E-state index contributed by atoms with van der Waals surface area (Å²) in [5.41, 5.74) is 0. The third-order valence-electron chi connectivity index (χ3n) is 23.3. The standard InChI is InChI=1S/C72H120N6O51/c1-17(87)73-33-49(103)56(28(12-84)113-63(33)110)123-67-37(77-21(5)91)50(104)57(29(13-85)119-67)125-70-55(109)60(45(99)32(121-70)16-112-71-61(128-65-35(75-19(3)89)47(101)40(94)24(8-80)115-65)52(106)43(97)31(122-71)15-111-64-34(74-18(2)88)46(100)39(93)23(7-79)114-64)127-72-62(129-66-36(76-20(4)90)48(102)41(95)25(9-81)116-66)54(108)58(30(14-86)120-72)124-68-38(78-22(6)92)59(44(98)27(11-83)117-68)126-69-53(107)51(105)42(96)26(10-82)118-69/h23-72,79-86,93-110H,7-16H2,1-6H3,(H,73,87)(H,74,88)(H,75,89)(H,76,90)(H,77,91)(H,78,92)/t23-,24-,25-,26-,27-,28-,29-,30-,31-,32-,33-,34-,35-,36-,37-,38-,39-,40-,41-,42+,43-,44-,45-,46-,47-,48-,49-,50-,51+,52+,53-,54+,55+,56-,57-,58-,59-,60+,61+,62+,63?,64-,65+,66+,67+,68+,69+,70+,71+,72-/m1/s1. The van der Waals surface area contributed by atoms with Crippen LogP contribution in [0.3, 0.4) is 0 Å². The first kappa shape index (κ1) is 106. The molecule has 1 unspecified atom stereocenters. The van der Waals surface area contributed by atoms with Crippen LogP contribution in [0, 0.1) is 0 Å². The summed E-state index contributed by atoms with van der Waals surface area (Å²) in [6.45, 7) is -5.71. The van der Waals surface area contributed by atoms with Gasteiger partial charge in [0.2, 0.25) is 35.4 Å². The van der Waals surface area contributed by atoms with Crippen molar-refractivity contribution < 1.29 is 252 Å². The first-order valence-electron chi connectivity index (χ1n) is 41.1. The Morgan fingerprint density at radius 2 is 0.457 bits per heavy atom. The second kappa shape index (κ2) is 46.7. The molecule has 0 aliphatic carbocycles. The maximum Gasteiger partial charge on any atom is 0.217 e. The number of hydrogen-bond donors (Lipinski definition) is 32. The topological polar surface area (TPSA) is 876 Å². The van der Waals surface area contributed by atoms with Gasteiger partial charge in [0.15, 0.2) is 62.9 Å². The normalized spacial score (nSPS) is 47.5. The predicted octanol–water partition coefficient (Wildman–Crippen LogP) is -21.9. The number of amides is 6. The van der Waals surface area contributed by atoms with Gasteiger partial charge in [-0.15, -0.1) is 0 Å². The van der Waals surface area contributed by atoms with E-state index in [1.54, 1.807) is 0 Å². The van der Waals surface area contributed by atoms with E-state index in [2.05, 4.69) is 31.9 Å². The fourth-order valence-electron chi connectivity index (χ4n) is 16.6. The lowest BCUT2D eigenvalue weighted by Crippen LogP contribution is -2.71. The van der Waals surface area contributed by atoms with Gasteiger partial charge in [-0.3, -0.25) is 28.8 Å². The van der Waals surface area contributed by atoms with Crippen molar-refractivity contribution in [3.8, 4) is 0 Å². The minimum absolute atomic E-state index is 0.819. The molecule has 0 radical (unpaired) electrons. The second-order valence-electron chi connectivity index (χ2n) is 32.5. The van der Waals surface area contributed by atoms with E-state index in [0.717, 1.165) is 41.5 Å². The Kier molecular flexibility index (Phi) is 38.4. The number of carbonyl (C=O) groups is 6. The number of aliphatic hydroxyl groups is 26. The lowest BCUT2D eigenvalue weighted by molar-refractivity contribution is -0.404. The Labute approximate surface area is 731 Å². The number of rotatable bonds is 34. The van der Waals surface area contributed by atoms with Crippen molar-refractivity contribution in [2.24, 2.45) is 0 Å². The van der Waals surface area contributed by atoms with Crippen molar-refractivity contribution in [3.05, 3.63) is 0 Å². The third kappa shape index (κ3) is 24.2. The number of nitrogens with one attached hydrogen (secondary N) is 6. The summed E-state index contributed by atoms with van der Waals surface area (Å²) in [7, 11) is 0. The lowest BCUT2D eigenvalue weighted by Gasteiger charge is -2.52. The first-order chi connectivity index (χ1) is 61.0. The summed E-state index contributed by atoms with van der Waals surface area (Å²) < 4.78 is 115. The molecular formula is C72H120N6O51. The fraction of sp³-hybridized carbons (Fsp3) is 0.917. The molecule has 129 heavy (non-hydrogen) atoms. The van der Waals surface area contributed by atoms with Gasteiger partial charge in [0.25, 0.3) is 0 Å². The Bertz CT molecular complexity index is 3570. The van der Waals surface area contributed by atoms with Gasteiger partial charge in [-0.25, -0.2) is 0 Å². The van der Waals surface area contributed by atoms with Gasteiger partial charge < -0.3 is 255 Å². The van der Waals surface area contributed by atoms with Gasteiger partial charge in [0.05, 0.1) is 66.1 Å². The van der Waals surface area contributed by atoms with E-state index in [0.29, 0.717) is 0 Å². The molecule has 10 rings (SSSR count). The van der Waals surface area contributed by atoms with Crippen LogP contribution in [0.4, 0.5) is 0 Å². The quantitative estimate of drug-likeness (QED) is 0.0284. The van der Waals surface area contributed by atoms with Gasteiger partial charge >= 0.3 is 0 Å². The molecule has 10 saturated heterocycles. The zero-order valence-corrected chi connectivity index (χ0v) is 69.8. The van der Waals surface area contributed by atoms with Crippen LogP contribution in [0.2, 0.25) is 0 Å². The zero-order valence-electron chi connectivity index (χ0n) is 69.8. The number of ether oxygens (including phenoxy) is 19. The highest BCUT2D eigenvalue weighted by Crippen LogP contribution is 2.41. The smallest absolute Gasteiger partial charge is 0.217 e. The second-order valence-corrected chi connectivity index (χ2v) is 32.5. The third-order valence-corrected chi connectivity index (χ3v) is 23.3. The van der Waals surface area contributed by atoms with Crippen LogP contribution < -0.4 is 31.9 Å². The minimum atomic E-state index is -2.72. The molecule has 0 aromatic rings. The van der Waals surface area contributed by atoms with Crippen LogP contribution in [0.5, 0.6) is 0 Å². The SMILES string of the molecule is CC(=O)N[C@H]1[C@H](O[C@H]2[C@H](O)[C@@H](NC(C)=O)C(O)O[C@@H]2CO)O[C@H](CO)[C@@H](O[C@@H]2O[C@H](CO[C@H]3O[C@H](CO[C@@H]4O[C@H](CO)[C@@H](O)[C@H](O)[C@H]4NC(C)=O)[C@@H](O)[C@H](O)[C@@H]3O[C@@H]3O[C@H](CO)[C@@H](O)[C@H](O)[C@H]3NC(C)=O)[C@@H](O)[C@H](O[C@H]3O[C@H](CO)[C@@H](O[C@@H]4O[C@H](CO)[C@@H](O)[C@H](O[C@@H]5O[C@H](CO)[C@H](O)[C@H](O)[C@H]5O)[C@H]4NC(C)=O)[C@H](O)[C@@H]3O[C@@H]3O[C@H](CO)[C@@H](O)[C@H](O)[C@H]3NC(C)=O)[C@@H]2O)[C@@H]1O. The molecule has 32 N–H and O–H groups in total. The Morgan fingerprint density at radius 1 is 0.202 bits per heavy atom. The Balaban J connectivity index is 1.07. The van der Waals surface area contributed by atoms with E-state index in [9.17, 15) is 162 Å². The van der Waals surface area contributed by atoms with Crippen molar-refractivity contribution in [1.29, 1.82) is 0 Å². The zero-order chi connectivity index (χ0) is 95.1. The van der Waals surface area contributed by atoms with Crippen molar-refractivity contribution in [2.45, 2.75) is 348 Å². The van der Waals surface area contributed by atoms with E-state index in [-0.39, 0.29) is 0 Å². The van der Waals surface area contributed by atoms with Crippen molar-refractivity contribution in [2.75, 3.05) is 66.1 Å². The largest absolute Gasteiger partial charge is 0.394 e. The summed E-state index contributed by atoms with van der Waals surface area (Å²) in [6.07, 6.45) is -94.9. The maximum atomic E-state index is 13.2. The molecule has 50 atom stereocenters. The Hall–Kier alpha value is -4.98. The van der Waals surface area contributed by atoms with Gasteiger partial charge in [0, 0.05) is 41.5 Å². The number of aliphatic hydroxyl groups excluding tert-OH is 26. The molecule has 10 aliphatic heterocycles. The molecule has 10 fully saturated rings. The van der Waals surface area contributed by atoms with Crippen LogP contribution in [0.15, 0.2) is 0 Å². The lowest BCUT2D eigenvalue weighted by atomic mass is 9.93. The highest BCUT2D eigenvalue weighted by Gasteiger charge is 2.62. The fourth-order valence-corrected chi connectivity index (χ4v) is 16.6. The van der Waals surface area contributed by atoms with Crippen LogP contribution >= 0.6 is 0 Å². The van der Waals surface area contributed by atoms with Crippen LogP contribution in [0.1, 0.15) is 41.5 Å². The number of hydrogen-bond acceptors (Lipinski definition) is 51. The van der Waals surface area contributed by atoms with Crippen LogP contribution in [0.25, 0.3) is 0 Å². The van der Waals surface area contributed by atoms with Gasteiger partial charge in [-0.05, 0) is 0 Å². The van der Waals surface area contributed by atoms with Crippen molar-refractivity contribution in [3.63, 3.8) is 0 Å². The highest BCUT2D eigenvalue weighted by atomic mass is 16.8. The highest BCUT2D eigenvalue weighted by molar-refractivity contribution is 5.75.